The summed E-state index contributed by atoms with van der Waals surface area (Å²) in [5.74, 6) is 1.35. The summed E-state index contributed by atoms with van der Waals surface area (Å²) < 4.78 is 0. The largest absolute Gasteiger partial charge is 0.362 e. The maximum absolute atomic E-state index is 12.5. The number of nitrogens with one attached hydrogen (secondary N) is 1. The predicted octanol–water partition coefficient (Wildman–Crippen LogP) is 1.02. The Morgan fingerprint density at radius 1 is 1.19 bits per heavy atom. The Labute approximate surface area is 158 Å². The zero-order valence-electron chi connectivity index (χ0n) is 15.9. The summed E-state index contributed by atoms with van der Waals surface area (Å²) in [4.78, 5) is 41.1. The number of hydrogen-bond donors (Lipinski definition) is 1. The minimum Gasteiger partial charge on any atom is -0.362 e. The van der Waals surface area contributed by atoms with Gasteiger partial charge in [0.2, 0.25) is 11.8 Å². The van der Waals surface area contributed by atoms with Crippen molar-refractivity contribution in [1.29, 1.82) is 0 Å². The molecule has 8 nitrogen and oxygen atoms in total. The number of hydrogen-bond acceptors (Lipinski definition) is 6. The van der Waals surface area contributed by atoms with Crippen LogP contribution in [-0.4, -0.2) is 59.4 Å². The highest BCUT2D eigenvalue weighted by Gasteiger charge is 2.26. The summed E-state index contributed by atoms with van der Waals surface area (Å²) in [5, 5.41) is 2.54. The molecule has 0 saturated heterocycles. The van der Waals surface area contributed by atoms with Crippen molar-refractivity contribution in [3.63, 3.8) is 0 Å². The van der Waals surface area contributed by atoms with Crippen molar-refractivity contribution in [2.45, 2.75) is 25.8 Å². The maximum atomic E-state index is 12.5. The lowest BCUT2D eigenvalue weighted by molar-refractivity contribution is -0.134. The van der Waals surface area contributed by atoms with Gasteiger partial charge in [0.25, 0.3) is 0 Å². The number of carbonyl (C=O) groups is 2. The molecule has 142 valence electrons. The van der Waals surface area contributed by atoms with E-state index in [-0.39, 0.29) is 24.7 Å². The third-order valence-electron chi connectivity index (χ3n) is 4.60. The summed E-state index contributed by atoms with van der Waals surface area (Å²) in [6, 6.07) is 3.74. The van der Waals surface area contributed by atoms with E-state index in [9.17, 15) is 9.59 Å². The summed E-state index contributed by atoms with van der Waals surface area (Å²) in [6.07, 6.45) is 4.53. The SMILES string of the molecule is CNC(=O)CCC(=O)N1CCc2c(nc(-c3ccncc3)nc2N(C)C)C1. The molecule has 8 heteroatoms. The summed E-state index contributed by atoms with van der Waals surface area (Å²) in [6.45, 7) is 1.04. The molecular formula is C19H24N6O2. The van der Waals surface area contributed by atoms with Gasteiger partial charge in [-0.3, -0.25) is 14.6 Å². The lowest BCUT2D eigenvalue weighted by atomic mass is 10.0. The topological polar surface area (TPSA) is 91.3 Å². The van der Waals surface area contributed by atoms with Gasteiger partial charge < -0.3 is 15.1 Å². The molecule has 0 saturated carbocycles. The Morgan fingerprint density at radius 2 is 1.93 bits per heavy atom. The average Bonchev–Trinajstić information content (AvgIpc) is 2.70. The second-order valence-electron chi connectivity index (χ2n) is 6.66. The van der Waals surface area contributed by atoms with Gasteiger partial charge in [-0.25, -0.2) is 9.97 Å². The molecule has 2 aromatic heterocycles. The monoisotopic (exact) mass is 368 g/mol. The van der Waals surface area contributed by atoms with Gasteiger partial charge in [-0.1, -0.05) is 0 Å². The van der Waals surface area contributed by atoms with Crippen LogP contribution in [0.25, 0.3) is 11.4 Å². The average molecular weight is 368 g/mol. The van der Waals surface area contributed by atoms with Gasteiger partial charge in [0.15, 0.2) is 5.82 Å². The molecule has 3 heterocycles. The third-order valence-corrected chi connectivity index (χ3v) is 4.60. The van der Waals surface area contributed by atoms with Crippen LogP contribution < -0.4 is 10.2 Å². The first-order chi connectivity index (χ1) is 13.0. The normalized spacial score (nSPS) is 13.1. The van der Waals surface area contributed by atoms with Crippen molar-refractivity contribution < 1.29 is 9.59 Å². The van der Waals surface area contributed by atoms with Crippen LogP contribution in [-0.2, 0) is 22.6 Å². The first-order valence-corrected chi connectivity index (χ1v) is 8.95. The highest BCUT2D eigenvalue weighted by atomic mass is 16.2. The lowest BCUT2D eigenvalue weighted by Gasteiger charge is -2.30. The molecule has 0 atom stereocenters. The van der Waals surface area contributed by atoms with Crippen LogP contribution in [0.15, 0.2) is 24.5 Å². The van der Waals surface area contributed by atoms with Gasteiger partial charge >= 0.3 is 0 Å². The van der Waals surface area contributed by atoms with E-state index in [1.807, 2.05) is 31.1 Å². The van der Waals surface area contributed by atoms with Gasteiger partial charge in [-0.05, 0) is 18.6 Å². The van der Waals surface area contributed by atoms with E-state index >= 15 is 0 Å². The van der Waals surface area contributed by atoms with Gasteiger partial charge in [0.1, 0.15) is 5.82 Å². The van der Waals surface area contributed by atoms with Crippen LogP contribution in [0.1, 0.15) is 24.1 Å². The quantitative estimate of drug-likeness (QED) is 0.847. The predicted molar refractivity (Wildman–Crippen MR) is 102 cm³/mol. The van der Waals surface area contributed by atoms with Gasteiger partial charge in [-0.2, -0.15) is 0 Å². The molecule has 1 aliphatic heterocycles. The molecule has 0 aromatic carbocycles. The Bertz CT molecular complexity index is 838. The highest BCUT2D eigenvalue weighted by molar-refractivity contribution is 5.83. The van der Waals surface area contributed by atoms with Crippen molar-refractivity contribution in [3.8, 4) is 11.4 Å². The fourth-order valence-corrected chi connectivity index (χ4v) is 3.13. The van der Waals surface area contributed by atoms with Crippen LogP contribution >= 0.6 is 0 Å². The lowest BCUT2D eigenvalue weighted by Crippen LogP contribution is -2.38. The Balaban J connectivity index is 1.87. The van der Waals surface area contributed by atoms with E-state index in [0.29, 0.717) is 25.3 Å². The summed E-state index contributed by atoms with van der Waals surface area (Å²) >= 11 is 0. The zero-order chi connectivity index (χ0) is 19.4. The highest BCUT2D eigenvalue weighted by Crippen LogP contribution is 2.28. The van der Waals surface area contributed by atoms with Gasteiger partial charge in [0, 0.05) is 64.1 Å². The molecule has 1 N–H and O–H groups in total. The van der Waals surface area contributed by atoms with E-state index in [4.69, 9.17) is 9.97 Å². The fraction of sp³-hybridized carbons (Fsp3) is 0.421. The number of anilines is 1. The maximum Gasteiger partial charge on any atom is 0.223 e. The number of nitrogens with zero attached hydrogens (tertiary/aromatic N) is 5. The van der Waals surface area contributed by atoms with E-state index in [2.05, 4.69) is 10.3 Å². The van der Waals surface area contributed by atoms with E-state index in [1.54, 1.807) is 24.3 Å². The molecule has 27 heavy (non-hydrogen) atoms. The third kappa shape index (κ3) is 4.21. The molecule has 0 bridgehead atoms. The minimum atomic E-state index is -0.127. The van der Waals surface area contributed by atoms with E-state index in [1.165, 1.54) is 0 Å². The van der Waals surface area contributed by atoms with E-state index in [0.717, 1.165) is 22.6 Å². The molecule has 1 aliphatic rings. The number of amides is 2. The molecule has 0 fully saturated rings. The van der Waals surface area contributed by atoms with Crippen LogP contribution in [0.3, 0.4) is 0 Å². The zero-order valence-corrected chi connectivity index (χ0v) is 15.9. The molecule has 0 spiro atoms. The first kappa shape index (κ1) is 18.8. The molecule has 0 radical (unpaired) electrons. The molecule has 3 rings (SSSR count). The van der Waals surface area contributed by atoms with Crippen molar-refractivity contribution in [3.05, 3.63) is 35.8 Å². The number of rotatable bonds is 5. The van der Waals surface area contributed by atoms with Crippen molar-refractivity contribution >= 4 is 17.6 Å². The Hall–Kier alpha value is -3.03. The van der Waals surface area contributed by atoms with Crippen molar-refractivity contribution in [1.82, 2.24) is 25.2 Å². The standard InChI is InChI=1S/C19H24N6O2/c1-20-16(26)4-5-17(27)25-11-8-14-15(12-25)22-18(23-19(14)24(2)3)13-6-9-21-10-7-13/h6-7,9-10H,4-5,8,11-12H2,1-3H3,(H,20,26). The molecule has 0 unspecified atom stereocenters. The van der Waals surface area contributed by atoms with E-state index < -0.39 is 0 Å². The molecular weight excluding hydrogens is 344 g/mol. The number of fused-ring (bicyclic) bond motifs is 1. The smallest absolute Gasteiger partial charge is 0.223 e. The van der Waals surface area contributed by atoms with Crippen LogP contribution in [0, 0.1) is 0 Å². The van der Waals surface area contributed by atoms with Crippen LogP contribution in [0.2, 0.25) is 0 Å². The Kier molecular flexibility index (Phi) is 5.63. The van der Waals surface area contributed by atoms with Crippen LogP contribution in [0.4, 0.5) is 5.82 Å². The number of pyridine rings is 1. The second-order valence-corrected chi connectivity index (χ2v) is 6.66. The Morgan fingerprint density at radius 3 is 2.59 bits per heavy atom. The second kappa shape index (κ2) is 8.11. The minimum absolute atomic E-state index is 0.0280. The number of carbonyl (C=O) groups excluding carboxylic acids is 2. The molecule has 2 aromatic rings. The van der Waals surface area contributed by atoms with Crippen molar-refractivity contribution in [2.75, 3.05) is 32.6 Å². The first-order valence-electron chi connectivity index (χ1n) is 8.95. The number of aromatic nitrogens is 3. The molecule has 2 amide bonds. The van der Waals surface area contributed by atoms with Gasteiger partial charge in [0.05, 0.1) is 12.2 Å². The van der Waals surface area contributed by atoms with Crippen LogP contribution in [0.5, 0.6) is 0 Å². The molecule has 0 aliphatic carbocycles. The van der Waals surface area contributed by atoms with Crippen molar-refractivity contribution in [2.24, 2.45) is 0 Å². The summed E-state index contributed by atoms with van der Waals surface area (Å²) in [7, 11) is 5.49. The fourth-order valence-electron chi connectivity index (χ4n) is 3.13. The van der Waals surface area contributed by atoms with Gasteiger partial charge in [-0.15, -0.1) is 0 Å². The summed E-state index contributed by atoms with van der Waals surface area (Å²) in [5.41, 5.74) is 2.83.